The van der Waals surface area contributed by atoms with Gasteiger partial charge in [-0.1, -0.05) is 34.8 Å². The monoisotopic (exact) mass is 207 g/mol. The van der Waals surface area contributed by atoms with Gasteiger partial charge < -0.3 is 0 Å². The first-order valence-corrected chi connectivity index (χ1v) is 3.79. The maximum atomic E-state index is 8.37. The molecule has 0 unspecified atom stereocenters. The lowest BCUT2D eigenvalue weighted by Gasteiger charge is -1.92. The molecule has 1 rings (SSSR count). The van der Waals surface area contributed by atoms with Crippen LogP contribution in [0, 0.1) is 5.39 Å². The van der Waals surface area contributed by atoms with Crippen LogP contribution in [0.5, 0.6) is 0 Å². The molecule has 0 fully saturated rings. The fourth-order valence-corrected chi connectivity index (χ4v) is 1.16. The number of nitrogens with zero attached hydrogens (tertiary/aromatic N) is 2. The fraction of sp³-hybridized carbons (Fsp3) is 0. The normalized spacial score (nSPS) is 9.27. The van der Waals surface area contributed by atoms with Crippen LogP contribution in [0.4, 0.5) is 5.69 Å². The molecule has 1 aromatic rings. The molecule has 0 saturated heterocycles. The molecule has 0 bridgehead atoms. The maximum Gasteiger partial charge on any atom is 0.405 e. The molecular formula is C6H2Cl3N2+. The Morgan fingerprint density at radius 3 is 2.27 bits per heavy atom. The maximum absolute atomic E-state index is 8.37. The number of hydrogen-bond acceptors (Lipinski definition) is 1. The van der Waals surface area contributed by atoms with Gasteiger partial charge in [0.2, 0.25) is 5.39 Å². The molecule has 0 heterocycles. The molecule has 56 valence electrons. The summed E-state index contributed by atoms with van der Waals surface area (Å²) in [6.07, 6.45) is 0. The number of rotatable bonds is 0. The van der Waals surface area contributed by atoms with Gasteiger partial charge in [-0.2, -0.15) is 0 Å². The van der Waals surface area contributed by atoms with Crippen molar-refractivity contribution in [3.8, 4) is 0 Å². The predicted molar refractivity (Wildman–Crippen MR) is 46.2 cm³/mol. The Morgan fingerprint density at radius 2 is 1.73 bits per heavy atom. The van der Waals surface area contributed by atoms with Gasteiger partial charge in [-0.25, -0.2) is 0 Å². The summed E-state index contributed by atoms with van der Waals surface area (Å²) < 4.78 is 0. The zero-order valence-corrected chi connectivity index (χ0v) is 7.45. The Morgan fingerprint density at radius 1 is 1.09 bits per heavy atom. The third-order valence-electron chi connectivity index (χ3n) is 1.12. The van der Waals surface area contributed by atoms with E-state index in [1.807, 2.05) is 0 Å². The van der Waals surface area contributed by atoms with Crippen molar-refractivity contribution in [3.63, 3.8) is 0 Å². The molecule has 0 radical (unpaired) electrons. The molecule has 0 aliphatic rings. The molecule has 5 heteroatoms. The second-order valence-electron chi connectivity index (χ2n) is 1.79. The Kier molecular flexibility index (Phi) is 2.56. The van der Waals surface area contributed by atoms with Gasteiger partial charge in [0.15, 0.2) is 10.00 Å². The number of diazo groups is 1. The first kappa shape index (κ1) is 8.61. The average Bonchev–Trinajstić information content (AvgIpc) is 2.01. The van der Waals surface area contributed by atoms with Crippen molar-refractivity contribution in [3.05, 3.63) is 32.2 Å². The van der Waals surface area contributed by atoms with Crippen molar-refractivity contribution in [2.45, 2.75) is 0 Å². The van der Waals surface area contributed by atoms with Gasteiger partial charge in [-0.05, 0) is 6.07 Å². The molecule has 0 atom stereocenters. The average molecular weight is 208 g/mol. The van der Waals surface area contributed by atoms with E-state index >= 15 is 0 Å². The molecular weight excluding hydrogens is 206 g/mol. The lowest BCUT2D eigenvalue weighted by Crippen LogP contribution is -1.70. The molecule has 0 aliphatic heterocycles. The Hall–Kier alpha value is -0.490. The number of halogens is 3. The fourth-order valence-electron chi connectivity index (χ4n) is 0.593. The SMILES string of the molecule is N#[N+]c1ccc(Cl)c(Cl)c1Cl. The van der Waals surface area contributed by atoms with Crippen LogP contribution in [-0.2, 0) is 0 Å². The van der Waals surface area contributed by atoms with Crippen molar-refractivity contribution >= 4 is 40.5 Å². The lowest BCUT2D eigenvalue weighted by atomic mass is 10.3. The van der Waals surface area contributed by atoms with Crippen LogP contribution in [-0.4, -0.2) is 0 Å². The predicted octanol–water partition coefficient (Wildman–Crippen LogP) is 4.13. The third kappa shape index (κ3) is 1.57. The van der Waals surface area contributed by atoms with Crippen LogP contribution in [0.25, 0.3) is 4.98 Å². The van der Waals surface area contributed by atoms with Crippen LogP contribution in [0.2, 0.25) is 15.1 Å². The largest absolute Gasteiger partial charge is 0.405 e. The molecule has 0 aliphatic carbocycles. The van der Waals surface area contributed by atoms with E-state index < -0.39 is 0 Å². The molecule has 1 aromatic carbocycles. The van der Waals surface area contributed by atoms with Crippen LogP contribution in [0.15, 0.2) is 12.1 Å². The van der Waals surface area contributed by atoms with Gasteiger partial charge in [0, 0.05) is 6.07 Å². The summed E-state index contributed by atoms with van der Waals surface area (Å²) >= 11 is 16.9. The molecule has 0 spiro atoms. The highest BCUT2D eigenvalue weighted by Gasteiger charge is 2.16. The third-order valence-corrected chi connectivity index (χ3v) is 2.41. The van der Waals surface area contributed by atoms with E-state index in [9.17, 15) is 0 Å². The van der Waals surface area contributed by atoms with Gasteiger partial charge in [0.05, 0.1) is 10.0 Å². The lowest BCUT2D eigenvalue weighted by molar-refractivity contribution is 1.46. The second kappa shape index (κ2) is 3.27. The van der Waals surface area contributed by atoms with Gasteiger partial charge in [-0.15, -0.1) is 0 Å². The van der Waals surface area contributed by atoms with E-state index in [1.165, 1.54) is 12.1 Å². The molecule has 0 N–H and O–H groups in total. The summed E-state index contributed by atoms with van der Waals surface area (Å²) in [6.45, 7) is 0. The standard InChI is InChI=1S/C6H2Cl3N2/c7-3-1-2-4(11-10)6(9)5(3)8/h1-2H/q+1. The zero-order valence-electron chi connectivity index (χ0n) is 5.18. The van der Waals surface area contributed by atoms with Gasteiger partial charge >= 0.3 is 5.69 Å². The highest BCUT2D eigenvalue weighted by Crippen LogP contribution is 2.36. The molecule has 11 heavy (non-hydrogen) atoms. The minimum atomic E-state index is 0.154. The van der Waals surface area contributed by atoms with Crippen LogP contribution in [0.3, 0.4) is 0 Å². The topological polar surface area (TPSA) is 28.1 Å². The zero-order chi connectivity index (χ0) is 8.43. The Labute approximate surface area is 78.3 Å². The summed E-state index contributed by atoms with van der Waals surface area (Å²) in [5, 5.41) is 9.06. The van der Waals surface area contributed by atoms with Crippen LogP contribution in [0.1, 0.15) is 0 Å². The highest BCUT2D eigenvalue weighted by atomic mass is 35.5. The number of benzene rings is 1. The summed E-state index contributed by atoms with van der Waals surface area (Å²) in [6, 6.07) is 2.97. The minimum Gasteiger partial charge on any atom is -0.0826 e. The van der Waals surface area contributed by atoms with E-state index in [0.717, 1.165) is 0 Å². The summed E-state index contributed by atoms with van der Waals surface area (Å²) in [7, 11) is 0. The van der Waals surface area contributed by atoms with Crippen molar-refractivity contribution in [2.75, 3.05) is 0 Å². The second-order valence-corrected chi connectivity index (χ2v) is 2.96. The van der Waals surface area contributed by atoms with E-state index in [0.29, 0.717) is 5.02 Å². The molecule has 0 saturated carbocycles. The summed E-state index contributed by atoms with van der Waals surface area (Å²) in [5.74, 6) is 0. The van der Waals surface area contributed by atoms with E-state index in [1.54, 1.807) is 0 Å². The van der Waals surface area contributed by atoms with Gasteiger partial charge in [-0.3, -0.25) is 0 Å². The van der Waals surface area contributed by atoms with Gasteiger partial charge in [0.25, 0.3) is 0 Å². The number of hydrogen-bond donors (Lipinski definition) is 0. The van der Waals surface area contributed by atoms with E-state index in [4.69, 9.17) is 40.2 Å². The quantitative estimate of drug-likeness (QED) is 0.465. The van der Waals surface area contributed by atoms with Crippen molar-refractivity contribution in [1.29, 1.82) is 5.39 Å². The minimum absolute atomic E-state index is 0.154. The van der Waals surface area contributed by atoms with Gasteiger partial charge in [0.1, 0.15) is 0 Å². The van der Waals surface area contributed by atoms with E-state index in [-0.39, 0.29) is 15.7 Å². The highest BCUT2D eigenvalue weighted by molar-refractivity contribution is 6.49. The molecule has 0 aromatic heterocycles. The first-order chi connectivity index (χ1) is 5.16. The first-order valence-electron chi connectivity index (χ1n) is 2.65. The van der Waals surface area contributed by atoms with Crippen LogP contribution >= 0.6 is 34.8 Å². The summed E-state index contributed by atoms with van der Waals surface area (Å²) in [5.41, 5.74) is 0.209. The molecule has 2 nitrogen and oxygen atoms in total. The summed E-state index contributed by atoms with van der Waals surface area (Å²) in [4.78, 5) is 2.90. The molecule has 0 amide bonds. The van der Waals surface area contributed by atoms with Crippen LogP contribution < -0.4 is 0 Å². The van der Waals surface area contributed by atoms with Crippen molar-refractivity contribution in [2.24, 2.45) is 0 Å². The van der Waals surface area contributed by atoms with Crippen molar-refractivity contribution < 1.29 is 0 Å². The smallest absolute Gasteiger partial charge is 0.0826 e. The van der Waals surface area contributed by atoms with Crippen molar-refractivity contribution in [1.82, 2.24) is 0 Å². The Balaban J connectivity index is 3.40. The van der Waals surface area contributed by atoms with E-state index in [2.05, 4.69) is 4.98 Å². The Bertz CT molecular complexity index is 329.